The normalized spacial score (nSPS) is 10.4. The molecule has 0 radical (unpaired) electrons. The number of para-hydroxylation sites is 1. The number of aromatic nitrogens is 2. The van der Waals surface area contributed by atoms with Gasteiger partial charge in [-0.25, -0.2) is 14.4 Å². The molecule has 2 aromatic rings. The highest BCUT2D eigenvalue weighted by atomic mass is 79.9. The minimum Gasteiger partial charge on any atom is -0.370 e. The Morgan fingerprint density at radius 3 is 2.60 bits per heavy atom. The maximum Gasteiger partial charge on any atom is 0.147 e. The van der Waals surface area contributed by atoms with E-state index in [2.05, 4.69) is 36.5 Å². The van der Waals surface area contributed by atoms with Crippen LogP contribution in [-0.4, -0.2) is 16.5 Å². The predicted molar refractivity (Wildman–Crippen MR) is 83.0 cm³/mol. The Hall–Kier alpha value is -1.69. The van der Waals surface area contributed by atoms with Crippen LogP contribution in [0, 0.1) is 5.82 Å². The summed E-state index contributed by atoms with van der Waals surface area (Å²) in [7, 11) is 0. The average molecular weight is 339 g/mol. The number of nitrogens with one attached hydrogen (secondary N) is 2. The fourth-order valence-corrected chi connectivity index (χ4v) is 2.35. The van der Waals surface area contributed by atoms with E-state index in [4.69, 9.17) is 0 Å². The molecule has 4 nitrogen and oxygen atoms in total. The zero-order valence-electron chi connectivity index (χ0n) is 11.4. The van der Waals surface area contributed by atoms with Crippen molar-refractivity contribution >= 4 is 33.3 Å². The zero-order valence-corrected chi connectivity index (χ0v) is 13.0. The summed E-state index contributed by atoms with van der Waals surface area (Å²) >= 11 is 3.34. The second-order valence-corrected chi connectivity index (χ2v) is 5.01. The third-order valence-electron chi connectivity index (χ3n) is 2.85. The first-order valence-corrected chi connectivity index (χ1v) is 7.25. The van der Waals surface area contributed by atoms with Gasteiger partial charge in [0, 0.05) is 16.6 Å². The van der Waals surface area contributed by atoms with Crippen LogP contribution in [-0.2, 0) is 6.42 Å². The summed E-state index contributed by atoms with van der Waals surface area (Å²) in [6.07, 6.45) is 2.21. The molecule has 1 aromatic heterocycles. The molecule has 0 amide bonds. The molecule has 6 heteroatoms. The maximum absolute atomic E-state index is 13.9. The van der Waals surface area contributed by atoms with E-state index in [1.165, 1.54) is 12.4 Å². The smallest absolute Gasteiger partial charge is 0.147 e. The summed E-state index contributed by atoms with van der Waals surface area (Å²) in [6.45, 7) is 4.79. The zero-order chi connectivity index (χ0) is 14.5. The van der Waals surface area contributed by atoms with E-state index in [-0.39, 0.29) is 5.82 Å². The number of halogens is 2. The second kappa shape index (κ2) is 6.65. The Morgan fingerprint density at radius 2 is 1.95 bits per heavy atom. The van der Waals surface area contributed by atoms with Crippen LogP contribution in [0.2, 0.25) is 0 Å². The fraction of sp³-hybridized carbons (Fsp3) is 0.286. The summed E-state index contributed by atoms with van der Waals surface area (Å²) < 4.78 is 14.5. The van der Waals surface area contributed by atoms with Crippen LogP contribution in [0.4, 0.5) is 21.7 Å². The van der Waals surface area contributed by atoms with Crippen LogP contribution < -0.4 is 10.6 Å². The van der Waals surface area contributed by atoms with Crippen molar-refractivity contribution in [1.29, 1.82) is 0 Å². The van der Waals surface area contributed by atoms with Gasteiger partial charge in [-0.05, 0) is 41.4 Å². The second-order valence-electron chi connectivity index (χ2n) is 4.15. The largest absolute Gasteiger partial charge is 0.370 e. The average Bonchev–Trinajstić information content (AvgIpc) is 2.43. The van der Waals surface area contributed by atoms with Gasteiger partial charge in [-0.1, -0.05) is 13.0 Å². The van der Waals surface area contributed by atoms with Crippen molar-refractivity contribution < 1.29 is 4.39 Å². The molecule has 2 rings (SSSR count). The molecule has 0 aliphatic heterocycles. The van der Waals surface area contributed by atoms with Crippen LogP contribution in [0.15, 0.2) is 29.0 Å². The molecular formula is C14H16BrFN4. The van der Waals surface area contributed by atoms with Crippen molar-refractivity contribution in [2.75, 3.05) is 17.2 Å². The Kier molecular flexibility index (Phi) is 4.89. The highest BCUT2D eigenvalue weighted by Crippen LogP contribution is 2.30. The number of anilines is 3. The molecule has 2 N–H and O–H groups in total. The molecule has 106 valence electrons. The molecule has 20 heavy (non-hydrogen) atoms. The molecule has 1 aromatic carbocycles. The minimum absolute atomic E-state index is 0.329. The van der Waals surface area contributed by atoms with Crippen LogP contribution in [0.1, 0.15) is 19.4 Å². The van der Waals surface area contributed by atoms with Gasteiger partial charge in [-0.15, -0.1) is 0 Å². The molecule has 0 atom stereocenters. The summed E-state index contributed by atoms with van der Waals surface area (Å²) in [5.74, 6) is 1.06. The van der Waals surface area contributed by atoms with Gasteiger partial charge in [0.15, 0.2) is 0 Å². The third-order valence-corrected chi connectivity index (χ3v) is 3.51. The van der Waals surface area contributed by atoms with Gasteiger partial charge >= 0.3 is 0 Å². The van der Waals surface area contributed by atoms with Crippen molar-refractivity contribution in [2.24, 2.45) is 0 Å². The van der Waals surface area contributed by atoms with E-state index < -0.39 is 0 Å². The molecule has 0 unspecified atom stereocenters. The van der Waals surface area contributed by atoms with Gasteiger partial charge in [0.2, 0.25) is 0 Å². The Balaban J connectivity index is 2.41. The molecule has 0 aliphatic carbocycles. The maximum atomic E-state index is 13.9. The van der Waals surface area contributed by atoms with E-state index in [0.29, 0.717) is 16.0 Å². The van der Waals surface area contributed by atoms with E-state index in [9.17, 15) is 4.39 Å². The number of nitrogens with zero attached hydrogens (tertiary/aromatic N) is 2. The van der Waals surface area contributed by atoms with Gasteiger partial charge in [-0.3, -0.25) is 0 Å². The monoisotopic (exact) mass is 338 g/mol. The molecular weight excluding hydrogens is 323 g/mol. The first-order chi connectivity index (χ1) is 9.67. The number of hydrogen-bond acceptors (Lipinski definition) is 4. The lowest BCUT2D eigenvalue weighted by Crippen LogP contribution is -2.08. The molecule has 1 heterocycles. The summed E-state index contributed by atoms with van der Waals surface area (Å²) in [6, 6.07) is 4.84. The molecule has 0 saturated heterocycles. The van der Waals surface area contributed by atoms with Crippen LogP contribution in [0.5, 0.6) is 0 Å². The SMILES string of the molecule is CCNc1ncnc(Nc2c(F)cccc2Br)c1CC. The standard InChI is InChI=1S/C14H16BrFN4/c1-3-9-13(17-4-2)18-8-19-14(9)20-12-10(15)6-5-7-11(12)16/h5-8H,3-4H2,1-2H3,(H2,17,18,19,20). The van der Waals surface area contributed by atoms with Gasteiger partial charge in [0.05, 0.1) is 5.69 Å². The van der Waals surface area contributed by atoms with Crippen molar-refractivity contribution in [3.63, 3.8) is 0 Å². The Morgan fingerprint density at radius 1 is 1.20 bits per heavy atom. The van der Waals surface area contributed by atoms with Crippen molar-refractivity contribution in [2.45, 2.75) is 20.3 Å². The fourth-order valence-electron chi connectivity index (χ4n) is 1.91. The number of benzene rings is 1. The first kappa shape index (κ1) is 14.7. The van der Waals surface area contributed by atoms with Gasteiger partial charge in [0.1, 0.15) is 23.8 Å². The molecule has 0 saturated carbocycles. The Bertz CT molecular complexity index is 583. The Labute approximate surface area is 126 Å². The van der Waals surface area contributed by atoms with Gasteiger partial charge in [-0.2, -0.15) is 0 Å². The minimum atomic E-state index is -0.329. The molecule has 0 fully saturated rings. The van der Waals surface area contributed by atoms with E-state index in [0.717, 1.165) is 24.3 Å². The van der Waals surface area contributed by atoms with Crippen LogP contribution in [0.3, 0.4) is 0 Å². The van der Waals surface area contributed by atoms with Crippen LogP contribution in [0.25, 0.3) is 0 Å². The van der Waals surface area contributed by atoms with Gasteiger partial charge < -0.3 is 10.6 Å². The number of rotatable bonds is 5. The first-order valence-electron chi connectivity index (χ1n) is 6.46. The highest BCUT2D eigenvalue weighted by Gasteiger charge is 2.13. The van der Waals surface area contributed by atoms with Crippen molar-refractivity contribution in [1.82, 2.24) is 9.97 Å². The predicted octanol–water partition coefficient (Wildman–Crippen LogP) is 4.12. The quantitative estimate of drug-likeness (QED) is 0.861. The lowest BCUT2D eigenvalue weighted by atomic mass is 10.2. The lowest BCUT2D eigenvalue weighted by Gasteiger charge is -2.15. The molecule has 0 aliphatic rings. The summed E-state index contributed by atoms with van der Waals surface area (Å²) in [5, 5.41) is 6.23. The van der Waals surface area contributed by atoms with E-state index >= 15 is 0 Å². The third kappa shape index (κ3) is 3.07. The van der Waals surface area contributed by atoms with E-state index in [1.807, 2.05) is 13.8 Å². The highest BCUT2D eigenvalue weighted by molar-refractivity contribution is 9.10. The van der Waals surface area contributed by atoms with E-state index in [1.54, 1.807) is 12.1 Å². The topological polar surface area (TPSA) is 49.8 Å². The van der Waals surface area contributed by atoms with Crippen molar-refractivity contribution in [3.8, 4) is 0 Å². The summed E-state index contributed by atoms with van der Waals surface area (Å²) in [5.41, 5.74) is 1.31. The summed E-state index contributed by atoms with van der Waals surface area (Å²) in [4.78, 5) is 8.44. The lowest BCUT2D eigenvalue weighted by molar-refractivity contribution is 0.631. The number of hydrogen-bond donors (Lipinski definition) is 2. The van der Waals surface area contributed by atoms with Crippen LogP contribution >= 0.6 is 15.9 Å². The molecule has 0 spiro atoms. The van der Waals surface area contributed by atoms with Gasteiger partial charge in [0.25, 0.3) is 0 Å². The van der Waals surface area contributed by atoms with Crippen molar-refractivity contribution in [3.05, 3.63) is 40.4 Å². The molecule has 0 bridgehead atoms.